The van der Waals surface area contributed by atoms with Gasteiger partial charge in [-0.1, -0.05) is 24.9 Å². The molecule has 0 bridgehead atoms. The molecule has 0 spiro atoms. The Hall–Kier alpha value is -1.17. The van der Waals surface area contributed by atoms with Crippen LogP contribution in [0.2, 0.25) is 5.02 Å². The van der Waals surface area contributed by atoms with Crippen LogP contribution in [0.4, 0.5) is 5.69 Å². The molecular formula is C12H17ClN2O3. The molecule has 0 amide bonds. The highest BCUT2D eigenvalue weighted by Gasteiger charge is 2.13. The van der Waals surface area contributed by atoms with E-state index in [2.05, 4.69) is 5.32 Å². The Morgan fingerprint density at radius 2 is 2.28 bits per heavy atom. The number of hydrogen-bond donors (Lipinski definition) is 2. The third-order valence-electron chi connectivity index (χ3n) is 2.56. The molecule has 0 fully saturated rings. The Labute approximate surface area is 111 Å². The normalized spacial score (nSPS) is 12.4. The molecule has 18 heavy (non-hydrogen) atoms. The lowest BCUT2D eigenvalue weighted by molar-refractivity contribution is -0.385. The number of aliphatic hydroxyl groups is 1. The van der Waals surface area contributed by atoms with E-state index in [0.717, 1.165) is 6.42 Å². The Balaban J connectivity index is 2.60. The number of nitro benzene ring substituents is 1. The van der Waals surface area contributed by atoms with Crippen molar-refractivity contribution >= 4 is 17.3 Å². The fourth-order valence-electron chi connectivity index (χ4n) is 1.68. The maximum absolute atomic E-state index is 10.8. The van der Waals surface area contributed by atoms with Crippen molar-refractivity contribution in [3.8, 4) is 0 Å². The van der Waals surface area contributed by atoms with Gasteiger partial charge in [0.15, 0.2) is 0 Å². The van der Waals surface area contributed by atoms with Gasteiger partial charge < -0.3 is 10.4 Å². The van der Waals surface area contributed by atoms with E-state index in [0.29, 0.717) is 30.1 Å². The number of nitrogens with zero attached hydrogens (tertiary/aromatic N) is 1. The monoisotopic (exact) mass is 272 g/mol. The second-order valence-corrected chi connectivity index (χ2v) is 4.54. The number of nitro groups is 1. The Morgan fingerprint density at radius 3 is 2.89 bits per heavy atom. The van der Waals surface area contributed by atoms with Gasteiger partial charge in [-0.2, -0.15) is 0 Å². The van der Waals surface area contributed by atoms with Crippen molar-refractivity contribution < 1.29 is 10.0 Å². The van der Waals surface area contributed by atoms with Gasteiger partial charge in [-0.05, 0) is 18.6 Å². The molecule has 0 radical (unpaired) electrons. The molecule has 0 aliphatic heterocycles. The third kappa shape index (κ3) is 4.60. The lowest BCUT2D eigenvalue weighted by Crippen LogP contribution is -2.26. The standard InChI is InChI=1S/C12H17ClN2O3/c1-2-3-11(16)8-14-7-9-6-10(13)4-5-12(9)15(17)18/h4-6,11,14,16H,2-3,7-8H2,1H3. The van der Waals surface area contributed by atoms with Gasteiger partial charge in [0, 0.05) is 29.7 Å². The van der Waals surface area contributed by atoms with Crippen LogP contribution in [0.5, 0.6) is 0 Å². The molecule has 1 aromatic rings. The summed E-state index contributed by atoms with van der Waals surface area (Å²) in [6, 6.07) is 4.45. The lowest BCUT2D eigenvalue weighted by Gasteiger charge is -2.10. The molecular weight excluding hydrogens is 256 g/mol. The summed E-state index contributed by atoms with van der Waals surface area (Å²) in [5.41, 5.74) is 0.563. The molecule has 100 valence electrons. The minimum atomic E-state index is -0.435. The predicted molar refractivity (Wildman–Crippen MR) is 70.7 cm³/mol. The van der Waals surface area contributed by atoms with Crippen LogP contribution in [0.1, 0.15) is 25.3 Å². The van der Waals surface area contributed by atoms with Crippen LogP contribution in [-0.2, 0) is 6.54 Å². The summed E-state index contributed by atoms with van der Waals surface area (Å²) >= 11 is 5.81. The first-order valence-electron chi connectivity index (χ1n) is 5.86. The van der Waals surface area contributed by atoms with Crippen molar-refractivity contribution in [3.63, 3.8) is 0 Å². The Bertz CT molecular complexity index is 412. The van der Waals surface area contributed by atoms with E-state index < -0.39 is 11.0 Å². The van der Waals surface area contributed by atoms with Gasteiger partial charge in [0.1, 0.15) is 0 Å². The first-order valence-corrected chi connectivity index (χ1v) is 6.24. The minimum Gasteiger partial charge on any atom is -0.392 e. The van der Waals surface area contributed by atoms with E-state index in [9.17, 15) is 15.2 Å². The van der Waals surface area contributed by atoms with E-state index in [-0.39, 0.29) is 5.69 Å². The molecule has 0 heterocycles. The highest BCUT2D eigenvalue weighted by atomic mass is 35.5. The maximum Gasteiger partial charge on any atom is 0.273 e. The third-order valence-corrected chi connectivity index (χ3v) is 2.79. The van der Waals surface area contributed by atoms with E-state index in [1.54, 1.807) is 6.07 Å². The summed E-state index contributed by atoms with van der Waals surface area (Å²) in [5, 5.41) is 23.8. The highest BCUT2D eigenvalue weighted by Crippen LogP contribution is 2.22. The van der Waals surface area contributed by atoms with Crippen molar-refractivity contribution in [1.82, 2.24) is 5.32 Å². The SMILES string of the molecule is CCCC(O)CNCc1cc(Cl)ccc1[N+](=O)[O-]. The summed E-state index contributed by atoms with van der Waals surface area (Å²) in [7, 11) is 0. The number of halogens is 1. The van der Waals surface area contributed by atoms with Crippen LogP contribution in [0, 0.1) is 10.1 Å². The smallest absolute Gasteiger partial charge is 0.273 e. The van der Waals surface area contributed by atoms with E-state index in [4.69, 9.17) is 11.6 Å². The molecule has 6 heteroatoms. The zero-order chi connectivity index (χ0) is 13.5. The minimum absolute atomic E-state index is 0.0388. The molecule has 0 aromatic heterocycles. The first kappa shape index (κ1) is 14.9. The number of nitrogens with one attached hydrogen (secondary N) is 1. The fourth-order valence-corrected chi connectivity index (χ4v) is 1.88. The van der Waals surface area contributed by atoms with Gasteiger partial charge in [0.05, 0.1) is 11.0 Å². The molecule has 0 saturated heterocycles. The number of hydrogen-bond acceptors (Lipinski definition) is 4. The Kier molecular flexibility index (Phi) is 6.04. The topological polar surface area (TPSA) is 75.4 Å². The summed E-state index contributed by atoms with van der Waals surface area (Å²) in [6.07, 6.45) is 1.19. The van der Waals surface area contributed by atoms with Gasteiger partial charge in [0.2, 0.25) is 0 Å². The van der Waals surface area contributed by atoms with E-state index in [1.165, 1.54) is 12.1 Å². The Morgan fingerprint density at radius 1 is 1.56 bits per heavy atom. The molecule has 0 aliphatic rings. The van der Waals surface area contributed by atoms with Gasteiger partial charge in [-0.25, -0.2) is 0 Å². The summed E-state index contributed by atoms with van der Waals surface area (Å²) in [4.78, 5) is 10.4. The van der Waals surface area contributed by atoms with Gasteiger partial charge >= 0.3 is 0 Å². The quantitative estimate of drug-likeness (QED) is 0.591. The average molecular weight is 273 g/mol. The number of benzene rings is 1. The van der Waals surface area contributed by atoms with Crippen LogP contribution >= 0.6 is 11.6 Å². The molecule has 0 aliphatic carbocycles. The summed E-state index contributed by atoms with van der Waals surface area (Å²) < 4.78 is 0. The number of aliphatic hydroxyl groups excluding tert-OH is 1. The second-order valence-electron chi connectivity index (χ2n) is 4.10. The zero-order valence-corrected chi connectivity index (χ0v) is 11.0. The van der Waals surface area contributed by atoms with Crippen molar-refractivity contribution in [2.24, 2.45) is 0 Å². The van der Waals surface area contributed by atoms with Crippen molar-refractivity contribution in [1.29, 1.82) is 0 Å². The molecule has 1 unspecified atom stereocenters. The average Bonchev–Trinajstić information content (AvgIpc) is 2.29. The van der Waals surface area contributed by atoms with Gasteiger partial charge in [-0.3, -0.25) is 10.1 Å². The fraction of sp³-hybridized carbons (Fsp3) is 0.500. The lowest BCUT2D eigenvalue weighted by atomic mass is 10.1. The highest BCUT2D eigenvalue weighted by molar-refractivity contribution is 6.30. The molecule has 2 N–H and O–H groups in total. The van der Waals surface area contributed by atoms with E-state index in [1.807, 2.05) is 6.92 Å². The number of rotatable bonds is 7. The summed E-state index contributed by atoms with van der Waals surface area (Å²) in [6.45, 7) is 2.72. The van der Waals surface area contributed by atoms with E-state index >= 15 is 0 Å². The van der Waals surface area contributed by atoms with Crippen LogP contribution in [-0.4, -0.2) is 22.7 Å². The maximum atomic E-state index is 10.8. The molecule has 0 saturated carbocycles. The van der Waals surface area contributed by atoms with Crippen LogP contribution in [0.15, 0.2) is 18.2 Å². The molecule has 5 nitrogen and oxygen atoms in total. The van der Waals surface area contributed by atoms with Gasteiger partial charge in [-0.15, -0.1) is 0 Å². The molecule has 1 aromatic carbocycles. The zero-order valence-electron chi connectivity index (χ0n) is 10.2. The van der Waals surface area contributed by atoms with Crippen molar-refractivity contribution in [2.75, 3.05) is 6.54 Å². The second kappa shape index (κ2) is 7.31. The van der Waals surface area contributed by atoms with Crippen LogP contribution in [0.3, 0.4) is 0 Å². The van der Waals surface area contributed by atoms with Gasteiger partial charge in [0.25, 0.3) is 5.69 Å². The molecule has 1 rings (SSSR count). The van der Waals surface area contributed by atoms with Crippen molar-refractivity contribution in [3.05, 3.63) is 38.9 Å². The summed E-state index contributed by atoms with van der Waals surface area (Å²) in [5.74, 6) is 0. The van der Waals surface area contributed by atoms with Crippen molar-refractivity contribution in [2.45, 2.75) is 32.4 Å². The van der Waals surface area contributed by atoms with Crippen LogP contribution < -0.4 is 5.32 Å². The van der Waals surface area contributed by atoms with Crippen LogP contribution in [0.25, 0.3) is 0 Å². The largest absolute Gasteiger partial charge is 0.392 e. The molecule has 1 atom stereocenters. The first-order chi connectivity index (χ1) is 8.54. The predicted octanol–water partition coefficient (Wildman–Crippen LogP) is 2.50.